The smallest absolute Gasteiger partial charge is 0.327 e. The molecular weight excluding hydrogens is 208 g/mol. The van der Waals surface area contributed by atoms with Crippen molar-refractivity contribution < 1.29 is 19.8 Å². The molecule has 0 unspecified atom stereocenters. The van der Waals surface area contributed by atoms with E-state index in [4.69, 9.17) is 10.2 Å². The van der Waals surface area contributed by atoms with Crippen molar-refractivity contribution in [3.8, 4) is 0 Å². The van der Waals surface area contributed by atoms with Crippen molar-refractivity contribution >= 4 is 11.9 Å². The fourth-order valence-electron chi connectivity index (χ4n) is 1.30. The molecule has 90 valence electrons. The number of hydrogen-bond donors (Lipinski definition) is 2. The molecular formula is C12H18O4. The minimum atomic E-state index is -1.01. The summed E-state index contributed by atoms with van der Waals surface area (Å²) < 4.78 is 0. The van der Waals surface area contributed by atoms with Gasteiger partial charge in [0.15, 0.2) is 0 Å². The first-order valence-electron chi connectivity index (χ1n) is 5.38. The molecule has 0 atom stereocenters. The van der Waals surface area contributed by atoms with Gasteiger partial charge in [-0.15, -0.1) is 0 Å². The van der Waals surface area contributed by atoms with E-state index in [9.17, 15) is 9.59 Å². The summed E-state index contributed by atoms with van der Waals surface area (Å²) >= 11 is 0. The van der Waals surface area contributed by atoms with Crippen LogP contribution >= 0.6 is 0 Å². The zero-order chi connectivity index (χ0) is 12.4. The molecule has 0 aromatic rings. The van der Waals surface area contributed by atoms with Crippen LogP contribution < -0.4 is 0 Å². The van der Waals surface area contributed by atoms with Crippen molar-refractivity contribution in [3.05, 3.63) is 24.3 Å². The minimum absolute atomic E-state index is 0.112. The van der Waals surface area contributed by atoms with Gasteiger partial charge in [0, 0.05) is 12.2 Å². The van der Waals surface area contributed by atoms with Gasteiger partial charge in [-0.25, -0.2) is 9.59 Å². The van der Waals surface area contributed by atoms with Gasteiger partial charge >= 0.3 is 11.9 Å². The first-order chi connectivity index (χ1) is 7.56. The molecule has 0 fully saturated rings. The molecule has 0 saturated carbocycles. The zero-order valence-electron chi connectivity index (χ0n) is 9.43. The Morgan fingerprint density at radius 2 is 1.56 bits per heavy atom. The van der Waals surface area contributed by atoms with Crippen LogP contribution in [0.2, 0.25) is 0 Å². The van der Waals surface area contributed by atoms with Gasteiger partial charge in [0.2, 0.25) is 0 Å². The molecule has 0 aromatic heterocycles. The van der Waals surface area contributed by atoms with E-state index < -0.39 is 11.9 Å². The number of allylic oxidation sites excluding steroid dienone is 2. The van der Waals surface area contributed by atoms with Crippen LogP contribution in [0.3, 0.4) is 0 Å². The average Bonchev–Trinajstić information content (AvgIpc) is 2.21. The van der Waals surface area contributed by atoms with E-state index in [1.165, 1.54) is 12.2 Å². The summed E-state index contributed by atoms with van der Waals surface area (Å²) in [5, 5.41) is 17.0. The molecule has 4 heteroatoms. The average molecular weight is 226 g/mol. The van der Waals surface area contributed by atoms with Gasteiger partial charge < -0.3 is 10.2 Å². The molecule has 0 rings (SSSR count). The minimum Gasteiger partial charge on any atom is -0.478 e. The van der Waals surface area contributed by atoms with Crippen molar-refractivity contribution in [3.63, 3.8) is 0 Å². The Hall–Kier alpha value is -1.58. The third-order valence-electron chi connectivity index (χ3n) is 2.11. The first-order valence-corrected chi connectivity index (χ1v) is 5.38. The van der Waals surface area contributed by atoms with Gasteiger partial charge in [-0.2, -0.15) is 0 Å². The standard InChI is InChI=1S/C12H18O4/c1-2-3-4-5-10(6-8-11(13)14)7-9-12(15)16/h6-10H,2-5H2,1H3,(H,13,14)(H,15,16)/b8-6+,9-7+. The Morgan fingerprint density at radius 3 is 1.94 bits per heavy atom. The third-order valence-corrected chi connectivity index (χ3v) is 2.11. The summed E-state index contributed by atoms with van der Waals surface area (Å²) in [6.45, 7) is 2.08. The van der Waals surface area contributed by atoms with Crippen LogP contribution in [0, 0.1) is 5.92 Å². The third kappa shape index (κ3) is 8.99. The second kappa shape index (κ2) is 8.71. The van der Waals surface area contributed by atoms with Crippen molar-refractivity contribution in [2.75, 3.05) is 0 Å². The molecule has 0 bridgehead atoms. The number of carboxylic acid groups (broad SMARTS) is 2. The predicted molar refractivity (Wildman–Crippen MR) is 61.2 cm³/mol. The van der Waals surface area contributed by atoms with Crippen molar-refractivity contribution in [2.24, 2.45) is 5.92 Å². The number of aliphatic carboxylic acids is 2. The molecule has 0 aliphatic carbocycles. The number of hydrogen-bond acceptors (Lipinski definition) is 2. The maximum Gasteiger partial charge on any atom is 0.327 e. The number of unbranched alkanes of at least 4 members (excludes halogenated alkanes) is 2. The van der Waals surface area contributed by atoms with Crippen molar-refractivity contribution in [1.29, 1.82) is 0 Å². The van der Waals surface area contributed by atoms with Crippen LogP contribution in [-0.4, -0.2) is 22.2 Å². The predicted octanol–water partition coefficient (Wildman–Crippen LogP) is 2.46. The molecule has 2 N–H and O–H groups in total. The lowest BCUT2D eigenvalue weighted by atomic mass is 10.00. The van der Waals surface area contributed by atoms with E-state index in [0.717, 1.165) is 37.8 Å². The lowest BCUT2D eigenvalue weighted by Crippen LogP contribution is -1.97. The van der Waals surface area contributed by atoms with Crippen LogP contribution in [0.25, 0.3) is 0 Å². The van der Waals surface area contributed by atoms with Crippen LogP contribution in [0.4, 0.5) is 0 Å². The number of rotatable bonds is 8. The number of carboxylic acids is 2. The molecule has 0 amide bonds. The summed E-state index contributed by atoms with van der Waals surface area (Å²) in [4.78, 5) is 20.7. The molecule has 0 aliphatic heterocycles. The lowest BCUT2D eigenvalue weighted by molar-refractivity contribution is -0.132. The molecule has 0 spiro atoms. The Morgan fingerprint density at radius 1 is 1.06 bits per heavy atom. The maximum atomic E-state index is 10.3. The Bertz CT molecular complexity index is 255. The summed E-state index contributed by atoms with van der Waals surface area (Å²) in [5.41, 5.74) is 0. The second-order valence-electron chi connectivity index (χ2n) is 3.55. The van der Waals surface area contributed by atoms with Gasteiger partial charge in [-0.05, 0) is 12.3 Å². The Balaban J connectivity index is 4.26. The highest BCUT2D eigenvalue weighted by molar-refractivity contribution is 5.80. The summed E-state index contributed by atoms with van der Waals surface area (Å²) in [5.74, 6) is -2.13. The topological polar surface area (TPSA) is 74.6 Å². The highest BCUT2D eigenvalue weighted by Crippen LogP contribution is 2.13. The highest BCUT2D eigenvalue weighted by Gasteiger charge is 2.02. The molecule has 0 heterocycles. The lowest BCUT2D eigenvalue weighted by Gasteiger charge is -2.05. The number of carbonyl (C=O) groups is 2. The second-order valence-corrected chi connectivity index (χ2v) is 3.55. The van der Waals surface area contributed by atoms with E-state index in [1.807, 2.05) is 0 Å². The van der Waals surface area contributed by atoms with Gasteiger partial charge in [-0.3, -0.25) is 0 Å². The van der Waals surface area contributed by atoms with E-state index >= 15 is 0 Å². The van der Waals surface area contributed by atoms with Crippen LogP contribution in [-0.2, 0) is 9.59 Å². The summed E-state index contributed by atoms with van der Waals surface area (Å²) in [7, 11) is 0. The van der Waals surface area contributed by atoms with Crippen molar-refractivity contribution in [1.82, 2.24) is 0 Å². The molecule has 0 saturated heterocycles. The molecule has 4 nitrogen and oxygen atoms in total. The highest BCUT2D eigenvalue weighted by atomic mass is 16.4. The SMILES string of the molecule is CCCCCC(/C=C/C(=O)O)/C=C/C(=O)O. The molecule has 0 aromatic carbocycles. The summed E-state index contributed by atoms with van der Waals surface area (Å²) in [6, 6.07) is 0. The van der Waals surface area contributed by atoms with Crippen LogP contribution in [0.15, 0.2) is 24.3 Å². The molecule has 0 aliphatic rings. The fourth-order valence-corrected chi connectivity index (χ4v) is 1.30. The van der Waals surface area contributed by atoms with Gasteiger partial charge in [0.25, 0.3) is 0 Å². The molecule has 16 heavy (non-hydrogen) atoms. The largest absolute Gasteiger partial charge is 0.478 e. The zero-order valence-corrected chi connectivity index (χ0v) is 9.43. The molecule has 0 radical (unpaired) electrons. The van der Waals surface area contributed by atoms with E-state index in [-0.39, 0.29) is 5.92 Å². The quantitative estimate of drug-likeness (QED) is 0.492. The monoisotopic (exact) mass is 226 g/mol. The Kier molecular flexibility index (Phi) is 7.85. The van der Waals surface area contributed by atoms with Gasteiger partial charge in [-0.1, -0.05) is 38.3 Å². The van der Waals surface area contributed by atoms with E-state index in [1.54, 1.807) is 0 Å². The van der Waals surface area contributed by atoms with Gasteiger partial charge in [0.1, 0.15) is 0 Å². The van der Waals surface area contributed by atoms with Gasteiger partial charge in [0.05, 0.1) is 0 Å². The van der Waals surface area contributed by atoms with Crippen LogP contribution in [0.1, 0.15) is 32.6 Å². The van der Waals surface area contributed by atoms with E-state index in [0.29, 0.717) is 0 Å². The normalized spacial score (nSPS) is 11.6. The van der Waals surface area contributed by atoms with Crippen molar-refractivity contribution in [2.45, 2.75) is 32.6 Å². The van der Waals surface area contributed by atoms with Crippen LogP contribution in [0.5, 0.6) is 0 Å². The Labute approximate surface area is 95.3 Å². The summed E-state index contributed by atoms with van der Waals surface area (Å²) in [6.07, 6.45) is 9.06. The first kappa shape index (κ1) is 14.4. The maximum absolute atomic E-state index is 10.3. The van der Waals surface area contributed by atoms with E-state index in [2.05, 4.69) is 6.92 Å². The fraction of sp³-hybridized carbons (Fsp3) is 0.500.